The first-order valence-corrected chi connectivity index (χ1v) is 7.38. The maximum Gasteiger partial charge on any atom is 0.223 e. The molecule has 4 nitrogen and oxygen atoms in total. The number of hydrogen-bond donors (Lipinski definition) is 1. The van der Waals surface area contributed by atoms with Gasteiger partial charge < -0.3 is 5.73 Å². The first-order valence-electron chi connectivity index (χ1n) is 7.00. The Morgan fingerprint density at radius 3 is 2.50 bits per heavy atom. The molecule has 3 rings (SSSR count). The van der Waals surface area contributed by atoms with Crippen molar-refractivity contribution in [2.45, 2.75) is 38.0 Å². The van der Waals surface area contributed by atoms with Crippen LogP contribution in [0.25, 0.3) is 11.4 Å². The molecule has 0 unspecified atom stereocenters. The number of nitrogen functional groups attached to an aromatic ring is 1. The third-order valence-electron chi connectivity index (χ3n) is 3.76. The third kappa shape index (κ3) is 2.75. The zero-order valence-corrected chi connectivity index (χ0v) is 12.0. The summed E-state index contributed by atoms with van der Waals surface area (Å²) < 4.78 is 0. The molecule has 1 fully saturated rings. The standard InChI is InChI=1S/C15H17ClN4/c16-12-9-5-4-8-11(12)14-18-13(19-15(17)20-14)10-6-2-1-3-7-10/h4-5,8-10H,1-3,6-7H2,(H2,17,18,19,20). The van der Waals surface area contributed by atoms with Gasteiger partial charge >= 0.3 is 0 Å². The number of nitrogens with two attached hydrogens (primary N) is 1. The first kappa shape index (κ1) is 13.3. The van der Waals surface area contributed by atoms with Crippen molar-refractivity contribution in [3.8, 4) is 11.4 Å². The van der Waals surface area contributed by atoms with Crippen molar-refractivity contribution in [3.63, 3.8) is 0 Å². The Balaban J connectivity index is 2.00. The summed E-state index contributed by atoms with van der Waals surface area (Å²) in [5.74, 6) is 2.06. The average molecular weight is 289 g/mol. The highest BCUT2D eigenvalue weighted by Gasteiger charge is 2.20. The maximum absolute atomic E-state index is 6.21. The van der Waals surface area contributed by atoms with Crippen LogP contribution in [-0.2, 0) is 0 Å². The number of benzene rings is 1. The molecule has 1 aromatic carbocycles. The van der Waals surface area contributed by atoms with Gasteiger partial charge in [0.25, 0.3) is 0 Å². The van der Waals surface area contributed by atoms with E-state index in [0.29, 0.717) is 16.8 Å². The second-order valence-corrected chi connectivity index (χ2v) is 5.60. The molecule has 0 bridgehead atoms. The van der Waals surface area contributed by atoms with Gasteiger partial charge in [-0.25, -0.2) is 4.98 Å². The molecule has 1 saturated carbocycles. The zero-order chi connectivity index (χ0) is 13.9. The molecule has 2 aromatic rings. The van der Waals surface area contributed by atoms with E-state index in [0.717, 1.165) is 24.2 Å². The van der Waals surface area contributed by atoms with Gasteiger partial charge in [0.1, 0.15) is 5.82 Å². The minimum Gasteiger partial charge on any atom is -0.368 e. The van der Waals surface area contributed by atoms with Crippen molar-refractivity contribution in [1.29, 1.82) is 0 Å². The van der Waals surface area contributed by atoms with Crippen LogP contribution in [0.4, 0.5) is 5.95 Å². The molecule has 20 heavy (non-hydrogen) atoms. The maximum atomic E-state index is 6.21. The van der Waals surface area contributed by atoms with Crippen LogP contribution in [0.15, 0.2) is 24.3 Å². The van der Waals surface area contributed by atoms with E-state index in [4.69, 9.17) is 17.3 Å². The SMILES string of the molecule is Nc1nc(-c2ccccc2Cl)nc(C2CCCCC2)n1. The lowest BCUT2D eigenvalue weighted by Gasteiger charge is -2.20. The predicted octanol–water partition coefficient (Wildman–Crippen LogP) is 3.82. The summed E-state index contributed by atoms with van der Waals surface area (Å²) in [6.07, 6.45) is 6.03. The molecule has 1 aliphatic rings. The van der Waals surface area contributed by atoms with Gasteiger partial charge in [0.2, 0.25) is 5.95 Å². The Morgan fingerprint density at radius 2 is 1.75 bits per heavy atom. The van der Waals surface area contributed by atoms with Crippen LogP contribution in [-0.4, -0.2) is 15.0 Å². The van der Waals surface area contributed by atoms with Crippen molar-refractivity contribution >= 4 is 17.5 Å². The molecule has 0 amide bonds. The van der Waals surface area contributed by atoms with E-state index in [1.54, 1.807) is 0 Å². The zero-order valence-electron chi connectivity index (χ0n) is 11.2. The molecule has 5 heteroatoms. The van der Waals surface area contributed by atoms with Gasteiger partial charge in [-0.3, -0.25) is 0 Å². The molecule has 1 heterocycles. The monoisotopic (exact) mass is 288 g/mol. The molecule has 0 saturated heterocycles. The molecule has 0 atom stereocenters. The van der Waals surface area contributed by atoms with Crippen LogP contribution in [0.1, 0.15) is 43.8 Å². The fraction of sp³-hybridized carbons (Fsp3) is 0.400. The summed E-state index contributed by atoms with van der Waals surface area (Å²) in [4.78, 5) is 13.2. The number of aromatic nitrogens is 3. The van der Waals surface area contributed by atoms with E-state index in [-0.39, 0.29) is 5.95 Å². The summed E-state index contributed by atoms with van der Waals surface area (Å²) in [5, 5.41) is 0.632. The lowest BCUT2D eigenvalue weighted by atomic mass is 9.89. The largest absolute Gasteiger partial charge is 0.368 e. The van der Waals surface area contributed by atoms with Gasteiger partial charge in [-0.05, 0) is 25.0 Å². The average Bonchev–Trinajstić information content (AvgIpc) is 2.48. The van der Waals surface area contributed by atoms with Gasteiger partial charge in [-0.15, -0.1) is 0 Å². The lowest BCUT2D eigenvalue weighted by molar-refractivity contribution is 0.428. The molecular formula is C15H17ClN4. The minimum absolute atomic E-state index is 0.274. The second-order valence-electron chi connectivity index (χ2n) is 5.19. The molecule has 0 spiro atoms. The summed E-state index contributed by atoms with van der Waals surface area (Å²) in [6.45, 7) is 0. The van der Waals surface area contributed by atoms with Crippen LogP contribution < -0.4 is 5.73 Å². The first-order chi connectivity index (χ1) is 9.74. The number of anilines is 1. The van der Waals surface area contributed by atoms with Crippen LogP contribution in [0.2, 0.25) is 5.02 Å². The van der Waals surface area contributed by atoms with Crippen molar-refractivity contribution in [2.24, 2.45) is 0 Å². The van der Waals surface area contributed by atoms with Gasteiger partial charge in [0, 0.05) is 11.5 Å². The third-order valence-corrected chi connectivity index (χ3v) is 4.08. The van der Waals surface area contributed by atoms with E-state index >= 15 is 0 Å². The summed E-state index contributed by atoms with van der Waals surface area (Å²) in [5.41, 5.74) is 6.65. The molecule has 0 aliphatic heterocycles. The fourth-order valence-corrected chi connectivity index (χ4v) is 2.94. The molecule has 2 N–H and O–H groups in total. The second kappa shape index (κ2) is 5.75. The quantitative estimate of drug-likeness (QED) is 0.912. The van der Waals surface area contributed by atoms with Gasteiger partial charge in [0.15, 0.2) is 5.82 Å². The van der Waals surface area contributed by atoms with Crippen LogP contribution >= 0.6 is 11.6 Å². The molecule has 1 aromatic heterocycles. The van der Waals surface area contributed by atoms with E-state index in [1.807, 2.05) is 24.3 Å². The number of hydrogen-bond acceptors (Lipinski definition) is 4. The Morgan fingerprint density at radius 1 is 1.00 bits per heavy atom. The van der Waals surface area contributed by atoms with E-state index in [2.05, 4.69) is 15.0 Å². The van der Waals surface area contributed by atoms with Gasteiger partial charge in [0.05, 0.1) is 5.02 Å². The fourth-order valence-electron chi connectivity index (χ4n) is 2.72. The minimum atomic E-state index is 0.274. The van der Waals surface area contributed by atoms with Crippen molar-refractivity contribution in [2.75, 3.05) is 5.73 Å². The van der Waals surface area contributed by atoms with Gasteiger partial charge in [-0.1, -0.05) is 43.0 Å². The highest BCUT2D eigenvalue weighted by molar-refractivity contribution is 6.33. The van der Waals surface area contributed by atoms with Crippen LogP contribution in [0.5, 0.6) is 0 Å². The summed E-state index contributed by atoms with van der Waals surface area (Å²) >= 11 is 6.21. The molecule has 104 valence electrons. The highest BCUT2D eigenvalue weighted by atomic mass is 35.5. The van der Waals surface area contributed by atoms with Crippen LogP contribution in [0, 0.1) is 0 Å². The number of nitrogens with zero attached hydrogens (tertiary/aromatic N) is 3. The highest BCUT2D eigenvalue weighted by Crippen LogP contribution is 2.32. The Hall–Kier alpha value is -1.68. The van der Waals surface area contributed by atoms with Gasteiger partial charge in [-0.2, -0.15) is 9.97 Å². The summed E-state index contributed by atoms with van der Waals surface area (Å²) in [6, 6.07) is 7.54. The van der Waals surface area contributed by atoms with E-state index in [9.17, 15) is 0 Å². The summed E-state index contributed by atoms with van der Waals surface area (Å²) in [7, 11) is 0. The number of halogens is 1. The molecule has 1 aliphatic carbocycles. The smallest absolute Gasteiger partial charge is 0.223 e. The topological polar surface area (TPSA) is 64.7 Å². The number of rotatable bonds is 2. The van der Waals surface area contributed by atoms with E-state index in [1.165, 1.54) is 19.3 Å². The predicted molar refractivity (Wildman–Crippen MR) is 80.5 cm³/mol. The Kier molecular flexibility index (Phi) is 3.83. The van der Waals surface area contributed by atoms with Crippen molar-refractivity contribution < 1.29 is 0 Å². The van der Waals surface area contributed by atoms with Crippen LogP contribution in [0.3, 0.4) is 0 Å². The lowest BCUT2D eigenvalue weighted by Crippen LogP contribution is -2.12. The van der Waals surface area contributed by atoms with Crippen molar-refractivity contribution in [3.05, 3.63) is 35.1 Å². The molecular weight excluding hydrogens is 272 g/mol. The van der Waals surface area contributed by atoms with Crippen molar-refractivity contribution in [1.82, 2.24) is 15.0 Å². The Labute approximate surface area is 123 Å². The Bertz CT molecular complexity index is 609. The van der Waals surface area contributed by atoms with E-state index < -0.39 is 0 Å². The molecule has 0 radical (unpaired) electrons. The normalized spacial score (nSPS) is 16.2.